The SMILES string of the molecule is CCO[P+](=O)OCc1csc(NC(=O)c2cc(Oc3ccc(S(C)(=O)=O)cc3)cc(O[C@@H](C)COC)c2)n1. The largest absolute Gasteiger partial charge is 0.697 e. The van der Waals surface area contributed by atoms with Crippen molar-refractivity contribution in [2.45, 2.75) is 31.5 Å². The Morgan fingerprint density at radius 3 is 2.47 bits per heavy atom. The molecule has 3 rings (SSSR count). The van der Waals surface area contributed by atoms with Gasteiger partial charge in [0.15, 0.2) is 15.0 Å². The van der Waals surface area contributed by atoms with Gasteiger partial charge in [-0.3, -0.25) is 10.1 Å². The number of aromatic nitrogens is 1. The minimum Gasteiger partial charge on any atom is -0.488 e. The monoisotopic (exact) mass is 583 g/mol. The van der Waals surface area contributed by atoms with E-state index in [4.69, 9.17) is 23.3 Å². The highest BCUT2D eigenvalue weighted by molar-refractivity contribution is 7.90. The number of rotatable bonds is 14. The van der Waals surface area contributed by atoms with Gasteiger partial charge in [0.25, 0.3) is 5.91 Å². The van der Waals surface area contributed by atoms with Gasteiger partial charge in [-0.2, -0.15) is 0 Å². The highest BCUT2D eigenvalue weighted by Gasteiger charge is 2.20. The molecule has 1 amide bonds. The van der Waals surface area contributed by atoms with Gasteiger partial charge in [-0.15, -0.1) is 20.4 Å². The standard InChI is InChI=1S/C24H27N2O9PS2/c1-5-32-36(28)33-14-18-15-37-24(25-18)26-23(27)17-10-20(34-16(2)13-31-3)12-21(11-17)35-19-6-8-22(9-7-19)38(4,29)30/h6-12,15-16H,5,13-14H2,1-4H3/p+1/t16-/m0/s1. The lowest BCUT2D eigenvalue weighted by molar-refractivity contribution is 0.0916. The van der Waals surface area contributed by atoms with Crippen LogP contribution in [0, 0.1) is 0 Å². The van der Waals surface area contributed by atoms with Crippen molar-refractivity contribution in [2.24, 2.45) is 0 Å². The van der Waals surface area contributed by atoms with Gasteiger partial charge in [0.2, 0.25) is 0 Å². The molecule has 11 nitrogen and oxygen atoms in total. The van der Waals surface area contributed by atoms with Crippen molar-refractivity contribution in [1.82, 2.24) is 4.98 Å². The topological polar surface area (TPSA) is 139 Å². The molecule has 0 radical (unpaired) electrons. The first-order valence-electron chi connectivity index (χ1n) is 11.3. The van der Waals surface area contributed by atoms with E-state index in [1.165, 1.54) is 41.7 Å². The third kappa shape index (κ3) is 9.12. The van der Waals surface area contributed by atoms with E-state index in [0.29, 0.717) is 34.7 Å². The van der Waals surface area contributed by atoms with Crippen LogP contribution in [0.1, 0.15) is 29.9 Å². The molecule has 2 aromatic carbocycles. The van der Waals surface area contributed by atoms with Crippen molar-refractivity contribution >= 4 is 40.5 Å². The van der Waals surface area contributed by atoms with E-state index in [1.54, 1.807) is 31.5 Å². The molecular formula is C24H28N2O9PS2+. The number of nitrogens with zero attached hydrogens (tertiary/aromatic N) is 1. The number of ether oxygens (including phenoxy) is 3. The molecule has 0 saturated heterocycles. The fourth-order valence-corrected chi connectivity index (χ4v) is 4.93. The second-order valence-electron chi connectivity index (χ2n) is 7.94. The Bertz CT molecular complexity index is 1360. The zero-order valence-electron chi connectivity index (χ0n) is 21.2. The molecule has 2 atom stereocenters. The number of carbonyl (C=O) groups is 1. The van der Waals surface area contributed by atoms with Crippen LogP contribution in [0.5, 0.6) is 17.2 Å². The summed E-state index contributed by atoms with van der Waals surface area (Å²) in [5, 5.41) is 4.71. The lowest BCUT2D eigenvalue weighted by Crippen LogP contribution is -2.18. The van der Waals surface area contributed by atoms with Gasteiger partial charge in [-0.1, -0.05) is 0 Å². The van der Waals surface area contributed by atoms with Crippen LogP contribution in [0.3, 0.4) is 0 Å². The number of thiazole rings is 1. The maximum Gasteiger partial charge on any atom is 0.697 e. The molecule has 1 unspecified atom stereocenters. The molecule has 1 N–H and O–H groups in total. The van der Waals surface area contributed by atoms with E-state index >= 15 is 0 Å². The van der Waals surface area contributed by atoms with E-state index < -0.39 is 24.0 Å². The zero-order valence-corrected chi connectivity index (χ0v) is 23.7. The van der Waals surface area contributed by atoms with Gasteiger partial charge in [-0.25, -0.2) is 13.4 Å². The molecule has 1 aromatic heterocycles. The number of methoxy groups -OCH3 is 1. The summed E-state index contributed by atoms with van der Waals surface area (Å²) in [5.74, 6) is 0.588. The maximum atomic E-state index is 13.1. The summed E-state index contributed by atoms with van der Waals surface area (Å²) in [6.07, 6.45) is 0.820. The summed E-state index contributed by atoms with van der Waals surface area (Å²) in [7, 11) is -4.03. The van der Waals surface area contributed by atoms with Crippen molar-refractivity contribution in [3.05, 3.63) is 59.1 Å². The van der Waals surface area contributed by atoms with Crippen molar-refractivity contribution in [3.8, 4) is 17.2 Å². The summed E-state index contributed by atoms with van der Waals surface area (Å²) in [6.45, 7) is 4.09. The molecule has 1 heterocycles. The Balaban J connectivity index is 1.78. The number of nitrogens with one attached hydrogen (secondary N) is 1. The first-order valence-corrected chi connectivity index (χ1v) is 15.2. The summed E-state index contributed by atoms with van der Waals surface area (Å²) in [4.78, 5) is 17.5. The molecule has 0 saturated carbocycles. The molecule has 0 fully saturated rings. The Labute approximate surface area is 225 Å². The lowest BCUT2D eigenvalue weighted by Gasteiger charge is -2.16. The normalized spacial score (nSPS) is 12.6. The first kappa shape index (κ1) is 29.6. The summed E-state index contributed by atoms with van der Waals surface area (Å²) >= 11 is 1.18. The van der Waals surface area contributed by atoms with Crippen LogP contribution in [-0.4, -0.2) is 52.0 Å². The van der Waals surface area contributed by atoms with Gasteiger partial charge in [0, 0.05) is 34.9 Å². The van der Waals surface area contributed by atoms with Crippen LogP contribution in [0.4, 0.5) is 5.13 Å². The molecule has 0 aliphatic heterocycles. The number of carbonyl (C=O) groups excluding carboxylic acids is 1. The molecule has 0 aliphatic carbocycles. The van der Waals surface area contributed by atoms with Crippen LogP contribution in [0.2, 0.25) is 0 Å². The number of sulfone groups is 1. The van der Waals surface area contributed by atoms with Crippen LogP contribution in [-0.2, 0) is 34.8 Å². The van der Waals surface area contributed by atoms with Crippen LogP contribution >= 0.6 is 19.6 Å². The third-order valence-corrected chi connectivity index (χ3v) is 7.44. The molecule has 0 spiro atoms. The Morgan fingerprint density at radius 2 is 1.82 bits per heavy atom. The van der Waals surface area contributed by atoms with E-state index in [1.807, 2.05) is 6.92 Å². The fourth-order valence-electron chi connectivity index (χ4n) is 3.08. The molecule has 38 heavy (non-hydrogen) atoms. The smallest absolute Gasteiger partial charge is 0.488 e. The molecule has 3 aromatic rings. The highest BCUT2D eigenvalue weighted by Crippen LogP contribution is 2.30. The van der Waals surface area contributed by atoms with Gasteiger partial charge < -0.3 is 14.2 Å². The van der Waals surface area contributed by atoms with Crippen molar-refractivity contribution in [1.29, 1.82) is 0 Å². The first-order chi connectivity index (χ1) is 18.1. The van der Waals surface area contributed by atoms with Gasteiger partial charge >= 0.3 is 8.25 Å². The number of amides is 1. The van der Waals surface area contributed by atoms with Gasteiger partial charge in [-0.05, 0) is 50.2 Å². The second-order valence-corrected chi connectivity index (χ2v) is 11.8. The Morgan fingerprint density at radius 1 is 1.11 bits per heavy atom. The predicted octanol–water partition coefficient (Wildman–Crippen LogP) is 5.22. The van der Waals surface area contributed by atoms with Gasteiger partial charge in [0.1, 0.15) is 36.6 Å². The lowest BCUT2D eigenvalue weighted by atomic mass is 10.2. The summed E-state index contributed by atoms with van der Waals surface area (Å²) in [6, 6.07) is 10.6. The number of hydrogen-bond acceptors (Lipinski definition) is 11. The van der Waals surface area contributed by atoms with Crippen LogP contribution < -0.4 is 14.8 Å². The molecule has 0 aliphatic rings. The molecule has 14 heteroatoms. The Hall–Kier alpha value is -2.93. The number of anilines is 1. The number of hydrogen-bond donors (Lipinski definition) is 1. The van der Waals surface area contributed by atoms with Crippen LogP contribution in [0.25, 0.3) is 0 Å². The van der Waals surface area contributed by atoms with Crippen LogP contribution in [0.15, 0.2) is 52.7 Å². The minimum atomic E-state index is -3.35. The van der Waals surface area contributed by atoms with E-state index in [-0.39, 0.29) is 29.8 Å². The predicted molar refractivity (Wildman–Crippen MR) is 142 cm³/mol. The fraction of sp³-hybridized carbons (Fsp3) is 0.333. The second kappa shape index (κ2) is 13.7. The summed E-state index contributed by atoms with van der Waals surface area (Å²) < 4.78 is 61.8. The highest BCUT2D eigenvalue weighted by atomic mass is 32.2. The van der Waals surface area contributed by atoms with Crippen molar-refractivity contribution in [3.63, 3.8) is 0 Å². The van der Waals surface area contributed by atoms with Gasteiger partial charge in [0.05, 0.1) is 17.2 Å². The maximum absolute atomic E-state index is 13.1. The molecular weight excluding hydrogens is 555 g/mol. The number of benzene rings is 2. The van der Waals surface area contributed by atoms with Crippen molar-refractivity contribution < 1.29 is 41.0 Å². The molecule has 0 bridgehead atoms. The average molecular weight is 584 g/mol. The third-order valence-electron chi connectivity index (χ3n) is 4.69. The Kier molecular flexibility index (Phi) is 10.7. The quantitative estimate of drug-likeness (QED) is 0.251. The molecule has 204 valence electrons. The van der Waals surface area contributed by atoms with Crippen molar-refractivity contribution in [2.75, 3.05) is 31.9 Å². The zero-order chi connectivity index (χ0) is 27.7. The average Bonchev–Trinajstić information content (AvgIpc) is 3.30. The van der Waals surface area contributed by atoms with E-state index in [9.17, 15) is 17.8 Å². The summed E-state index contributed by atoms with van der Waals surface area (Å²) in [5.41, 5.74) is 0.725. The minimum absolute atomic E-state index is 0.0294. The van der Waals surface area contributed by atoms with E-state index in [2.05, 4.69) is 10.3 Å². The van der Waals surface area contributed by atoms with E-state index in [0.717, 1.165) is 6.26 Å².